The fraction of sp³-hybridized carbons (Fsp3) is 0.200. The van der Waals surface area contributed by atoms with Gasteiger partial charge in [-0.1, -0.05) is 0 Å². The summed E-state index contributed by atoms with van der Waals surface area (Å²) in [7, 11) is 0. The lowest BCUT2D eigenvalue weighted by Crippen LogP contribution is -2.12. The molecular weight excluding hydrogens is 371 g/mol. The van der Waals surface area contributed by atoms with Crippen LogP contribution in [0.25, 0.3) is 0 Å². The Labute approximate surface area is 113 Å². The summed E-state index contributed by atoms with van der Waals surface area (Å²) < 4.78 is 37.7. The number of benzene rings is 1. The second kappa shape index (κ2) is 5.34. The topological polar surface area (TPSA) is 34.1 Å². The smallest absolute Gasteiger partial charge is 0.298 e. The Morgan fingerprint density at radius 3 is 2.41 bits per heavy atom. The van der Waals surface area contributed by atoms with E-state index in [0.29, 0.717) is 12.1 Å². The van der Waals surface area contributed by atoms with Crippen molar-refractivity contribution in [2.24, 2.45) is 0 Å². The molecule has 1 aromatic rings. The van der Waals surface area contributed by atoms with Crippen LogP contribution in [0.4, 0.5) is 13.2 Å². The van der Waals surface area contributed by atoms with Gasteiger partial charge in [0, 0.05) is 14.7 Å². The van der Waals surface area contributed by atoms with Crippen molar-refractivity contribution in [3.05, 3.63) is 32.4 Å². The molecule has 0 aliphatic carbocycles. The Morgan fingerprint density at radius 1 is 1.41 bits per heavy atom. The van der Waals surface area contributed by atoms with Gasteiger partial charge in [0.05, 0.1) is 11.4 Å². The first-order valence-corrected chi connectivity index (χ1v) is 5.87. The van der Waals surface area contributed by atoms with Crippen molar-refractivity contribution in [2.75, 3.05) is 5.88 Å². The van der Waals surface area contributed by atoms with Gasteiger partial charge >= 0.3 is 6.18 Å². The highest BCUT2D eigenvalue weighted by Gasteiger charge is 2.32. The lowest BCUT2D eigenvalue weighted by molar-refractivity contribution is -0.137. The number of Topliss-reactive ketones (excluding diaryl/α,β-unsaturated/α-hetero) is 1. The molecule has 0 aromatic heterocycles. The van der Waals surface area contributed by atoms with Crippen LogP contribution in [0.5, 0.6) is 0 Å². The van der Waals surface area contributed by atoms with Gasteiger partial charge in [-0.15, -0.1) is 11.6 Å². The van der Waals surface area contributed by atoms with Crippen molar-refractivity contribution in [1.82, 2.24) is 0 Å². The molecule has 0 saturated carbocycles. The van der Waals surface area contributed by atoms with Gasteiger partial charge in [-0.2, -0.15) is 13.2 Å². The predicted molar refractivity (Wildman–Crippen MR) is 64.6 cm³/mol. The van der Waals surface area contributed by atoms with Gasteiger partial charge in [-0.05, 0) is 34.7 Å². The SMILES string of the molecule is O=Cc1cc(C(F)(F)F)cc(C(=O)CCl)c1I. The van der Waals surface area contributed by atoms with Gasteiger partial charge in [-0.3, -0.25) is 9.59 Å². The van der Waals surface area contributed by atoms with Crippen LogP contribution in [0.1, 0.15) is 26.3 Å². The Hall–Kier alpha value is -0.630. The number of rotatable bonds is 3. The quantitative estimate of drug-likeness (QED) is 0.350. The molecule has 92 valence electrons. The lowest BCUT2D eigenvalue weighted by atomic mass is 10.0. The Kier molecular flexibility index (Phi) is 4.54. The Balaban J connectivity index is 3.49. The van der Waals surface area contributed by atoms with E-state index in [4.69, 9.17) is 11.6 Å². The molecule has 0 heterocycles. The van der Waals surface area contributed by atoms with Crippen LogP contribution in [0, 0.1) is 3.57 Å². The number of carbonyl (C=O) groups is 2. The summed E-state index contributed by atoms with van der Waals surface area (Å²) in [6.45, 7) is 0. The zero-order chi connectivity index (χ0) is 13.2. The second-order valence-corrected chi connectivity index (χ2v) is 4.45. The molecule has 0 saturated heterocycles. The maximum atomic E-state index is 12.5. The minimum Gasteiger partial charge on any atom is -0.298 e. The monoisotopic (exact) mass is 376 g/mol. The average Bonchev–Trinajstić information content (AvgIpc) is 2.26. The number of carbonyl (C=O) groups excluding carboxylic acids is 2. The van der Waals surface area contributed by atoms with Gasteiger partial charge in [0.1, 0.15) is 0 Å². The summed E-state index contributed by atoms with van der Waals surface area (Å²) in [6, 6.07) is 1.42. The highest BCUT2D eigenvalue weighted by atomic mass is 127. The van der Waals surface area contributed by atoms with Crippen molar-refractivity contribution in [3.63, 3.8) is 0 Å². The van der Waals surface area contributed by atoms with Crippen LogP contribution in [-0.2, 0) is 6.18 Å². The number of alkyl halides is 4. The minimum atomic E-state index is -4.61. The van der Waals surface area contributed by atoms with Gasteiger partial charge in [-0.25, -0.2) is 0 Å². The number of hydrogen-bond acceptors (Lipinski definition) is 2. The zero-order valence-corrected chi connectivity index (χ0v) is 11.1. The molecule has 0 amide bonds. The van der Waals surface area contributed by atoms with Gasteiger partial charge in [0.15, 0.2) is 12.1 Å². The normalized spacial score (nSPS) is 11.4. The first-order chi connectivity index (χ1) is 7.81. The summed E-state index contributed by atoms with van der Waals surface area (Å²) in [5.41, 5.74) is -1.39. The molecular formula is C10H5ClF3IO2. The van der Waals surface area contributed by atoms with E-state index >= 15 is 0 Å². The third kappa shape index (κ3) is 3.19. The van der Waals surface area contributed by atoms with Crippen LogP contribution in [0.2, 0.25) is 0 Å². The maximum Gasteiger partial charge on any atom is 0.416 e. The minimum absolute atomic E-state index is 0.172. The van der Waals surface area contributed by atoms with Crippen LogP contribution >= 0.6 is 34.2 Å². The van der Waals surface area contributed by atoms with Gasteiger partial charge < -0.3 is 0 Å². The summed E-state index contributed by atoms with van der Waals surface area (Å²) in [5.74, 6) is -1.08. The first-order valence-electron chi connectivity index (χ1n) is 4.26. The summed E-state index contributed by atoms with van der Waals surface area (Å²) >= 11 is 6.94. The van der Waals surface area contributed by atoms with E-state index in [1.807, 2.05) is 0 Å². The number of aldehydes is 1. The third-order valence-electron chi connectivity index (χ3n) is 1.98. The molecule has 0 unspecified atom stereocenters. The molecule has 0 bridgehead atoms. The summed E-state index contributed by atoms with van der Waals surface area (Å²) in [4.78, 5) is 22.0. The standard InChI is InChI=1S/C10H5ClF3IO2/c11-3-8(17)7-2-6(10(12,13)14)1-5(4-16)9(7)15/h1-2,4H,3H2. The third-order valence-corrected chi connectivity index (χ3v) is 3.42. The van der Waals surface area contributed by atoms with Crippen LogP contribution < -0.4 is 0 Å². The highest BCUT2D eigenvalue weighted by molar-refractivity contribution is 14.1. The fourth-order valence-electron chi connectivity index (χ4n) is 1.17. The lowest BCUT2D eigenvalue weighted by Gasteiger charge is -2.11. The van der Waals surface area contributed by atoms with E-state index in [9.17, 15) is 22.8 Å². The van der Waals surface area contributed by atoms with Crippen molar-refractivity contribution in [3.8, 4) is 0 Å². The zero-order valence-electron chi connectivity index (χ0n) is 8.15. The molecule has 0 aliphatic rings. The average molecular weight is 376 g/mol. The molecule has 0 radical (unpaired) electrons. The second-order valence-electron chi connectivity index (χ2n) is 3.10. The Bertz CT molecular complexity index is 471. The summed E-state index contributed by atoms with van der Waals surface area (Å²) in [5, 5.41) is 0. The largest absolute Gasteiger partial charge is 0.416 e. The van der Waals surface area contributed by atoms with E-state index < -0.39 is 23.4 Å². The number of ketones is 1. The van der Waals surface area contributed by atoms with Crippen molar-refractivity contribution in [2.45, 2.75) is 6.18 Å². The molecule has 0 atom stereocenters. The first kappa shape index (κ1) is 14.4. The Morgan fingerprint density at radius 2 is 2.00 bits per heavy atom. The fourth-order valence-corrected chi connectivity index (χ4v) is 2.05. The van der Waals surface area contributed by atoms with Gasteiger partial charge in [0.2, 0.25) is 0 Å². The molecule has 17 heavy (non-hydrogen) atoms. The maximum absolute atomic E-state index is 12.5. The number of hydrogen-bond donors (Lipinski definition) is 0. The van der Waals surface area contributed by atoms with Crippen molar-refractivity contribution < 1.29 is 22.8 Å². The molecule has 2 nitrogen and oxygen atoms in total. The van der Waals surface area contributed by atoms with Crippen molar-refractivity contribution in [1.29, 1.82) is 0 Å². The predicted octanol–water partition coefficient (Wildman–Crippen LogP) is 3.54. The van der Waals surface area contributed by atoms with E-state index in [1.165, 1.54) is 0 Å². The molecule has 0 fully saturated rings. The molecule has 1 rings (SSSR count). The highest BCUT2D eigenvalue weighted by Crippen LogP contribution is 2.32. The van der Waals surface area contributed by atoms with Crippen LogP contribution in [-0.4, -0.2) is 17.9 Å². The molecule has 0 aliphatic heterocycles. The van der Waals surface area contributed by atoms with Crippen molar-refractivity contribution >= 4 is 46.3 Å². The van der Waals surface area contributed by atoms with Crippen LogP contribution in [0.3, 0.4) is 0 Å². The van der Waals surface area contributed by atoms with Gasteiger partial charge in [0.25, 0.3) is 0 Å². The summed E-state index contributed by atoms with van der Waals surface area (Å²) in [6.07, 6.45) is -4.33. The molecule has 1 aromatic carbocycles. The molecule has 0 spiro atoms. The van der Waals surface area contributed by atoms with Crippen LogP contribution in [0.15, 0.2) is 12.1 Å². The van der Waals surface area contributed by atoms with E-state index in [-0.39, 0.29) is 21.0 Å². The molecule has 7 heteroatoms. The van der Waals surface area contributed by atoms with E-state index in [1.54, 1.807) is 22.6 Å². The van der Waals surface area contributed by atoms with E-state index in [2.05, 4.69) is 0 Å². The molecule has 0 N–H and O–H groups in total. The van der Waals surface area contributed by atoms with E-state index in [0.717, 1.165) is 0 Å². The number of halogens is 5.